The standard InChI is InChI=1S/C14H18N2O/c1-3-6-13-9-14(17)16(15-13)10-12-8-5-4-7-11(12)2/h4-5,7-9,15H,3,6,10H2,1-2H3. The molecule has 3 nitrogen and oxygen atoms in total. The maximum Gasteiger partial charge on any atom is 0.267 e. The average molecular weight is 230 g/mol. The zero-order chi connectivity index (χ0) is 12.3. The van der Waals surface area contributed by atoms with Gasteiger partial charge in [0, 0.05) is 11.8 Å². The fourth-order valence-electron chi connectivity index (χ4n) is 1.96. The van der Waals surface area contributed by atoms with Crippen molar-refractivity contribution in [2.45, 2.75) is 33.2 Å². The molecule has 0 aliphatic carbocycles. The highest BCUT2D eigenvalue weighted by Crippen LogP contribution is 2.08. The number of aromatic amines is 1. The van der Waals surface area contributed by atoms with Crippen molar-refractivity contribution < 1.29 is 0 Å². The molecule has 3 heteroatoms. The third kappa shape index (κ3) is 2.67. The summed E-state index contributed by atoms with van der Waals surface area (Å²) in [6, 6.07) is 9.84. The van der Waals surface area contributed by atoms with Gasteiger partial charge in [0.2, 0.25) is 0 Å². The summed E-state index contributed by atoms with van der Waals surface area (Å²) in [5, 5.41) is 3.16. The average Bonchev–Trinajstić information content (AvgIpc) is 2.63. The van der Waals surface area contributed by atoms with E-state index < -0.39 is 0 Å². The number of aromatic nitrogens is 2. The van der Waals surface area contributed by atoms with E-state index in [2.05, 4.69) is 31.1 Å². The van der Waals surface area contributed by atoms with Gasteiger partial charge < -0.3 is 0 Å². The minimum Gasteiger partial charge on any atom is -0.299 e. The lowest BCUT2D eigenvalue weighted by Crippen LogP contribution is -2.17. The van der Waals surface area contributed by atoms with Crippen LogP contribution in [0.5, 0.6) is 0 Å². The van der Waals surface area contributed by atoms with Crippen LogP contribution >= 0.6 is 0 Å². The van der Waals surface area contributed by atoms with E-state index in [-0.39, 0.29) is 5.56 Å². The van der Waals surface area contributed by atoms with Gasteiger partial charge in [-0.2, -0.15) is 0 Å². The fourth-order valence-corrected chi connectivity index (χ4v) is 1.96. The second-order valence-electron chi connectivity index (χ2n) is 4.38. The predicted octanol–water partition coefficient (Wildman–Crippen LogP) is 2.49. The zero-order valence-corrected chi connectivity index (χ0v) is 10.4. The van der Waals surface area contributed by atoms with Crippen molar-refractivity contribution in [1.82, 2.24) is 9.78 Å². The number of nitrogens with zero attached hydrogens (tertiary/aromatic N) is 1. The minimum atomic E-state index is 0.0525. The third-order valence-corrected chi connectivity index (χ3v) is 2.95. The van der Waals surface area contributed by atoms with Gasteiger partial charge in [-0.15, -0.1) is 0 Å². The molecule has 2 aromatic rings. The molecule has 1 aromatic heterocycles. The van der Waals surface area contributed by atoms with Crippen LogP contribution in [0.2, 0.25) is 0 Å². The van der Waals surface area contributed by atoms with E-state index in [9.17, 15) is 4.79 Å². The Morgan fingerprint density at radius 1 is 1.29 bits per heavy atom. The Balaban J connectivity index is 2.24. The van der Waals surface area contributed by atoms with Crippen molar-refractivity contribution in [2.75, 3.05) is 0 Å². The van der Waals surface area contributed by atoms with Gasteiger partial charge in [-0.25, -0.2) is 4.68 Å². The summed E-state index contributed by atoms with van der Waals surface area (Å²) in [6.45, 7) is 4.79. The lowest BCUT2D eigenvalue weighted by atomic mass is 10.1. The molecule has 0 bridgehead atoms. The van der Waals surface area contributed by atoms with Crippen LogP contribution in [0.1, 0.15) is 30.2 Å². The normalized spacial score (nSPS) is 10.7. The topological polar surface area (TPSA) is 37.8 Å². The van der Waals surface area contributed by atoms with Crippen molar-refractivity contribution in [3.63, 3.8) is 0 Å². The molecule has 1 N–H and O–H groups in total. The van der Waals surface area contributed by atoms with Crippen LogP contribution in [0.3, 0.4) is 0 Å². The molecule has 0 amide bonds. The maximum atomic E-state index is 11.8. The van der Waals surface area contributed by atoms with E-state index in [4.69, 9.17) is 0 Å². The number of nitrogens with one attached hydrogen (secondary N) is 1. The first kappa shape index (κ1) is 11.7. The Hall–Kier alpha value is -1.77. The quantitative estimate of drug-likeness (QED) is 0.861. The number of rotatable bonds is 4. The first-order valence-corrected chi connectivity index (χ1v) is 6.04. The summed E-state index contributed by atoms with van der Waals surface area (Å²) in [7, 11) is 0. The molecule has 1 aromatic carbocycles. The molecule has 0 fully saturated rings. The van der Waals surface area contributed by atoms with E-state index in [1.807, 2.05) is 12.1 Å². The molecule has 0 aliphatic heterocycles. The Labute approximate surface area is 101 Å². The first-order chi connectivity index (χ1) is 8.20. The van der Waals surface area contributed by atoms with Crippen molar-refractivity contribution in [1.29, 1.82) is 0 Å². The Kier molecular flexibility index (Phi) is 3.47. The molecule has 2 rings (SSSR count). The van der Waals surface area contributed by atoms with Crippen molar-refractivity contribution in [3.8, 4) is 0 Å². The van der Waals surface area contributed by atoms with E-state index in [0.29, 0.717) is 6.54 Å². The van der Waals surface area contributed by atoms with Gasteiger partial charge in [-0.1, -0.05) is 37.6 Å². The lowest BCUT2D eigenvalue weighted by molar-refractivity contribution is 0.646. The minimum absolute atomic E-state index is 0.0525. The summed E-state index contributed by atoms with van der Waals surface area (Å²) in [5.74, 6) is 0. The SMILES string of the molecule is CCCc1cc(=O)n(Cc2ccccc2C)[nH]1. The number of aryl methyl sites for hydroxylation is 2. The van der Waals surface area contributed by atoms with Crippen LogP contribution in [-0.4, -0.2) is 9.78 Å². The molecule has 0 aliphatic rings. The molecule has 0 radical (unpaired) electrons. The number of hydrogen-bond acceptors (Lipinski definition) is 1. The van der Waals surface area contributed by atoms with Gasteiger partial charge in [-0.05, 0) is 24.5 Å². The molecule has 0 atom stereocenters. The van der Waals surface area contributed by atoms with Crippen LogP contribution < -0.4 is 5.56 Å². The van der Waals surface area contributed by atoms with Crippen LogP contribution in [0.25, 0.3) is 0 Å². The summed E-state index contributed by atoms with van der Waals surface area (Å²) in [5.41, 5.74) is 3.47. The van der Waals surface area contributed by atoms with Crippen molar-refractivity contribution in [2.24, 2.45) is 0 Å². The van der Waals surface area contributed by atoms with Gasteiger partial charge in [0.15, 0.2) is 0 Å². The Morgan fingerprint density at radius 3 is 2.76 bits per heavy atom. The molecule has 0 spiro atoms. The molecule has 0 saturated carbocycles. The second kappa shape index (κ2) is 5.04. The van der Waals surface area contributed by atoms with Crippen LogP contribution in [0.15, 0.2) is 35.1 Å². The van der Waals surface area contributed by atoms with E-state index >= 15 is 0 Å². The molecule has 1 heterocycles. The van der Waals surface area contributed by atoms with E-state index in [1.165, 1.54) is 11.1 Å². The molecule has 0 saturated heterocycles. The van der Waals surface area contributed by atoms with Gasteiger partial charge in [-0.3, -0.25) is 9.89 Å². The Morgan fingerprint density at radius 2 is 2.06 bits per heavy atom. The highest BCUT2D eigenvalue weighted by Gasteiger charge is 2.04. The fraction of sp³-hybridized carbons (Fsp3) is 0.357. The van der Waals surface area contributed by atoms with Gasteiger partial charge in [0.1, 0.15) is 0 Å². The molecular formula is C14H18N2O. The third-order valence-electron chi connectivity index (χ3n) is 2.95. The second-order valence-corrected chi connectivity index (χ2v) is 4.38. The first-order valence-electron chi connectivity index (χ1n) is 6.04. The Bertz CT molecular complexity index is 551. The van der Waals surface area contributed by atoms with Crippen LogP contribution in [-0.2, 0) is 13.0 Å². The summed E-state index contributed by atoms with van der Waals surface area (Å²) >= 11 is 0. The summed E-state index contributed by atoms with van der Waals surface area (Å²) in [4.78, 5) is 11.8. The highest BCUT2D eigenvalue weighted by molar-refractivity contribution is 5.25. The number of benzene rings is 1. The summed E-state index contributed by atoms with van der Waals surface area (Å²) < 4.78 is 1.67. The zero-order valence-electron chi connectivity index (χ0n) is 10.4. The van der Waals surface area contributed by atoms with Gasteiger partial charge in [0.25, 0.3) is 5.56 Å². The van der Waals surface area contributed by atoms with Gasteiger partial charge >= 0.3 is 0 Å². The lowest BCUT2D eigenvalue weighted by Gasteiger charge is -2.05. The van der Waals surface area contributed by atoms with Gasteiger partial charge in [0.05, 0.1) is 6.54 Å². The van der Waals surface area contributed by atoms with Crippen LogP contribution in [0, 0.1) is 6.92 Å². The maximum absolute atomic E-state index is 11.8. The highest BCUT2D eigenvalue weighted by atomic mass is 16.1. The van der Waals surface area contributed by atoms with E-state index in [1.54, 1.807) is 10.7 Å². The van der Waals surface area contributed by atoms with Crippen LogP contribution in [0.4, 0.5) is 0 Å². The van der Waals surface area contributed by atoms with E-state index in [0.717, 1.165) is 18.5 Å². The van der Waals surface area contributed by atoms with Crippen molar-refractivity contribution in [3.05, 3.63) is 57.5 Å². The summed E-state index contributed by atoms with van der Waals surface area (Å²) in [6.07, 6.45) is 1.97. The number of H-pyrrole nitrogens is 1. The van der Waals surface area contributed by atoms with Crippen molar-refractivity contribution >= 4 is 0 Å². The molecule has 0 unspecified atom stereocenters. The molecule has 17 heavy (non-hydrogen) atoms. The largest absolute Gasteiger partial charge is 0.299 e. The molecular weight excluding hydrogens is 212 g/mol. The molecule has 90 valence electrons. The predicted molar refractivity (Wildman–Crippen MR) is 69.3 cm³/mol. The smallest absolute Gasteiger partial charge is 0.267 e. The monoisotopic (exact) mass is 230 g/mol. The number of hydrogen-bond donors (Lipinski definition) is 1.